The van der Waals surface area contributed by atoms with E-state index >= 15 is 0 Å². The van der Waals surface area contributed by atoms with Crippen molar-refractivity contribution in [3.05, 3.63) is 94.9 Å². The quantitative estimate of drug-likeness (QED) is 0.390. The highest BCUT2D eigenvalue weighted by Gasteiger charge is 2.33. The van der Waals surface area contributed by atoms with Crippen molar-refractivity contribution < 1.29 is 14.3 Å². The van der Waals surface area contributed by atoms with Crippen molar-refractivity contribution in [2.45, 2.75) is 13.5 Å². The summed E-state index contributed by atoms with van der Waals surface area (Å²) in [6.07, 6.45) is 1.83. The van der Waals surface area contributed by atoms with Crippen molar-refractivity contribution in [2.24, 2.45) is 4.99 Å². The molecule has 0 atom stereocenters. The van der Waals surface area contributed by atoms with Crippen molar-refractivity contribution in [3.63, 3.8) is 0 Å². The van der Waals surface area contributed by atoms with Gasteiger partial charge >= 0.3 is 0 Å². The average Bonchev–Trinajstić information content (AvgIpc) is 3.14. The lowest BCUT2D eigenvalue weighted by molar-refractivity contribution is -0.122. The van der Waals surface area contributed by atoms with Crippen LogP contribution in [0.1, 0.15) is 18.1 Å². The molecule has 0 bridgehead atoms. The third kappa shape index (κ3) is 5.66. The van der Waals surface area contributed by atoms with Crippen LogP contribution in [0, 0.1) is 11.3 Å². The van der Waals surface area contributed by atoms with Crippen molar-refractivity contribution in [1.82, 2.24) is 4.90 Å². The maximum atomic E-state index is 13.4. The lowest BCUT2D eigenvalue weighted by atomic mass is 10.1. The van der Waals surface area contributed by atoms with Crippen LogP contribution in [0.5, 0.6) is 11.5 Å². The Morgan fingerprint density at radius 3 is 2.44 bits per heavy atom. The van der Waals surface area contributed by atoms with Crippen LogP contribution >= 0.6 is 11.8 Å². The first-order chi connectivity index (χ1) is 16.7. The van der Waals surface area contributed by atoms with Crippen LogP contribution < -0.4 is 9.47 Å². The molecule has 0 saturated carbocycles. The van der Waals surface area contributed by atoms with E-state index in [-0.39, 0.29) is 12.5 Å². The monoisotopic (exact) mass is 469 g/mol. The Morgan fingerprint density at radius 2 is 1.74 bits per heavy atom. The molecule has 0 aliphatic carbocycles. The predicted octanol–water partition coefficient (Wildman–Crippen LogP) is 5.79. The Morgan fingerprint density at radius 1 is 1.00 bits per heavy atom. The molecule has 1 heterocycles. The molecule has 4 rings (SSSR count). The molecule has 0 spiro atoms. The van der Waals surface area contributed by atoms with Crippen LogP contribution in [-0.4, -0.2) is 29.2 Å². The number of aliphatic imine (C=N–C) groups is 1. The Bertz CT molecular complexity index is 1250. The highest BCUT2D eigenvalue weighted by Crippen LogP contribution is 2.36. The minimum absolute atomic E-state index is 0.0669. The molecule has 3 aromatic carbocycles. The number of hydrogen-bond acceptors (Lipinski definition) is 6. The number of benzene rings is 3. The van der Waals surface area contributed by atoms with E-state index < -0.39 is 0 Å². The molecule has 1 saturated heterocycles. The van der Waals surface area contributed by atoms with Gasteiger partial charge in [0.1, 0.15) is 6.07 Å². The number of para-hydroxylation sites is 1. The molecule has 0 radical (unpaired) electrons. The van der Waals surface area contributed by atoms with Crippen molar-refractivity contribution >= 4 is 34.6 Å². The number of rotatable bonds is 8. The summed E-state index contributed by atoms with van der Waals surface area (Å²) >= 11 is 1.35. The molecule has 1 amide bonds. The first kappa shape index (κ1) is 23.1. The topological polar surface area (TPSA) is 74.9 Å². The van der Waals surface area contributed by atoms with Gasteiger partial charge in [-0.25, -0.2) is 4.99 Å². The third-order valence-corrected chi connectivity index (χ3v) is 5.92. The van der Waals surface area contributed by atoms with E-state index in [2.05, 4.69) is 0 Å². The number of carbonyl (C=O) groups excluding carboxylic acids is 1. The summed E-state index contributed by atoms with van der Waals surface area (Å²) in [6.45, 7) is 2.70. The Hall–Kier alpha value is -4.02. The fourth-order valence-corrected chi connectivity index (χ4v) is 4.37. The second kappa shape index (κ2) is 11.2. The normalized spacial score (nSPS) is 15.5. The third-order valence-electron chi connectivity index (χ3n) is 4.91. The Labute approximate surface area is 203 Å². The summed E-state index contributed by atoms with van der Waals surface area (Å²) in [5, 5.41) is 9.43. The van der Waals surface area contributed by atoms with Gasteiger partial charge in [-0.1, -0.05) is 54.6 Å². The molecule has 3 aromatic rings. The number of hydrogen-bond donors (Lipinski definition) is 0. The van der Waals surface area contributed by atoms with Crippen LogP contribution in [0.25, 0.3) is 6.08 Å². The van der Waals surface area contributed by atoms with E-state index in [1.807, 2.05) is 91.9 Å². The fraction of sp³-hybridized carbons (Fsp3) is 0.148. The smallest absolute Gasteiger partial charge is 0.267 e. The van der Waals surface area contributed by atoms with Gasteiger partial charge < -0.3 is 9.47 Å². The minimum atomic E-state index is -0.105. The number of amidine groups is 1. The second-order valence-electron chi connectivity index (χ2n) is 7.30. The molecule has 6 nitrogen and oxygen atoms in total. The number of thioether (sulfide) groups is 1. The predicted molar refractivity (Wildman–Crippen MR) is 135 cm³/mol. The standard InChI is InChI=1S/C27H23N3O3S/c1-2-32-24-17-21(13-14-23(24)33-16-15-28)18-25-26(31)30(19-20-9-5-3-6-10-20)27(34-25)29-22-11-7-4-8-12-22/h3-14,17-18H,2,16,19H2,1H3/b25-18+,29-27?. The lowest BCUT2D eigenvalue weighted by Gasteiger charge is -2.15. The van der Waals surface area contributed by atoms with E-state index in [0.29, 0.717) is 34.7 Å². The molecule has 1 aliphatic rings. The van der Waals surface area contributed by atoms with Gasteiger partial charge in [-0.05, 0) is 60.2 Å². The van der Waals surface area contributed by atoms with E-state index in [1.54, 1.807) is 11.0 Å². The summed E-state index contributed by atoms with van der Waals surface area (Å²) in [7, 11) is 0. The molecule has 7 heteroatoms. The molecule has 1 fully saturated rings. The minimum Gasteiger partial charge on any atom is -0.490 e. The molecule has 0 unspecified atom stereocenters. The first-order valence-corrected chi connectivity index (χ1v) is 11.6. The maximum absolute atomic E-state index is 13.4. The molecular weight excluding hydrogens is 446 g/mol. The van der Waals surface area contributed by atoms with E-state index in [0.717, 1.165) is 16.8 Å². The number of amides is 1. The molecular formula is C27H23N3O3S. The van der Waals surface area contributed by atoms with Gasteiger partial charge in [-0.3, -0.25) is 9.69 Å². The summed E-state index contributed by atoms with van der Waals surface area (Å²) in [5.74, 6) is 0.918. The van der Waals surface area contributed by atoms with Crippen molar-refractivity contribution in [3.8, 4) is 17.6 Å². The zero-order chi connectivity index (χ0) is 23.8. The highest BCUT2D eigenvalue weighted by molar-refractivity contribution is 8.18. The second-order valence-corrected chi connectivity index (χ2v) is 8.31. The van der Waals surface area contributed by atoms with Crippen LogP contribution in [0.15, 0.2) is 88.8 Å². The zero-order valence-corrected chi connectivity index (χ0v) is 19.5. The zero-order valence-electron chi connectivity index (χ0n) is 18.7. The van der Waals surface area contributed by atoms with Gasteiger partial charge in [0.2, 0.25) is 0 Å². The molecule has 0 aromatic heterocycles. The Kier molecular flexibility index (Phi) is 7.63. The van der Waals surface area contributed by atoms with E-state index in [4.69, 9.17) is 19.7 Å². The number of ether oxygens (including phenoxy) is 2. The lowest BCUT2D eigenvalue weighted by Crippen LogP contribution is -2.28. The molecule has 34 heavy (non-hydrogen) atoms. The van der Waals surface area contributed by atoms with Gasteiger partial charge in [0.25, 0.3) is 5.91 Å². The van der Waals surface area contributed by atoms with Crippen LogP contribution in [0.2, 0.25) is 0 Å². The maximum Gasteiger partial charge on any atom is 0.267 e. The van der Waals surface area contributed by atoms with Crippen molar-refractivity contribution in [1.29, 1.82) is 5.26 Å². The average molecular weight is 470 g/mol. The first-order valence-electron chi connectivity index (χ1n) is 10.8. The van der Waals surface area contributed by atoms with Gasteiger partial charge in [-0.2, -0.15) is 5.26 Å². The van der Waals surface area contributed by atoms with E-state index in [9.17, 15) is 4.79 Å². The van der Waals surface area contributed by atoms with Gasteiger partial charge in [0, 0.05) is 0 Å². The summed E-state index contributed by atoms with van der Waals surface area (Å²) in [5.41, 5.74) is 2.61. The Balaban J connectivity index is 1.66. The molecule has 1 aliphatic heterocycles. The number of nitriles is 1. The van der Waals surface area contributed by atoms with Gasteiger partial charge in [0.15, 0.2) is 23.3 Å². The van der Waals surface area contributed by atoms with Gasteiger partial charge in [0.05, 0.1) is 23.7 Å². The fourth-order valence-electron chi connectivity index (χ4n) is 3.37. The van der Waals surface area contributed by atoms with Crippen LogP contribution in [0.4, 0.5) is 5.69 Å². The largest absolute Gasteiger partial charge is 0.490 e. The number of nitrogens with zero attached hydrogens (tertiary/aromatic N) is 3. The SMILES string of the molecule is CCOc1cc(/C=C2/SC(=Nc3ccccc3)N(Cc3ccccc3)C2=O)ccc1OCC#N. The summed E-state index contributed by atoms with van der Waals surface area (Å²) in [4.78, 5) is 20.4. The summed E-state index contributed by atoms with van der Waals surface area (Å²) in [6, 6.07) is 26.8. The summed E-state index contributed by atoms with van der Waals surface area (Å²) < 4.78 is 11.1. The molecule has 170 valence electrons. The van der Waals surface area contributed by atoms with Crippen LogP contribution in [-0.2, 0) is 11.3 Å². The van der Waals surface area contributed by atoms with Crippen molar-refractivity contribution in [2.75, 3.05) is 13.2 Å². The number of carbonyl (C=O) groups is 1. The highest BCUT2D eigenvalue weighted by atomic mass is 32.2. The molecule has 0 N–H and O–H groups in total. The van der Waals surface area contributed by atoms with Gasteiger partial charge in [-0.15, -0.1) is 0 Å². The van der Waals surface area contributed by atoms with E-state index in [1.165, 1.54) is 11.8 Å². The van der Waals surface area contributed by atoms with Crippen LogP contribution in [0.3, 0.4) is 0 Å².